The molecule has 6 heteroatoms. The molecule has 0 atom stereocenters. The zero-order valence-corrected chi connectivity index (χ0v) is 11.7. The molecule has 0 aliphatic rings. The lowest BCUT2D eigenvalue weighted by molar-refractivity contribution is 0.101. The van der Waals surface area contributed by atoms with E-state index in [-0.39, 0.29) is 5.78 Å². The number of para-hydroxylation sites is 1. The van der Waals surface area contributed by atoms with E-state index in [1.54, 1.807) is 12.1 Å². The number of rotatable bonds is 6. The van der Waals surface area contributed by atoms with E-state index in [2.05, 4.69) is 15.2 Å². The first-order valence-corrected chi connectivity index (χ1v) is 6.96. The largest absolute Gasteiger partial charge is 0.493 e. The van der Waals surface area contributed by atoms with E-state index >= 15 is 0 Å². The number of benzene rings is 1. The number of aromatic nitrogens is 3. The van der Waals surface area contributed by atoms with Gasteiger partial charge < -0.3 is 4.74 Å². The molecule has 0 radical (unpaired) electrons. The van der Waals surface area contributed by atoms with Crippen LogP contribution in [-0.2, 0) is 0 Å². The zero-order valence-electron chi connectivity index (χ0n) is 10.8. The second kappa shape index (κ2) is 6.38. The number of ether oxygens (including phenoxy) is 1. The molecule has 1 N–H and O–H groups in total. The molecule has 1 aromatic heterocycles. The van der Waals surface area contributed by atoms with Gasteiger partial charge in [0.25, 0.3) is 0 Å². The monoisotopic (exact) mass is 277 g/mol. The van der Waals surface area contributed by atoms with Gasteiger partial charge in [0.15, 0.2) is 5.78 Å². The molecule has 0 fully saturated rings. The van der Waals surface area contributed by atoms with Crippen molar-refractivity contribution >= 4 is 17.5 Å². The second-order valence-electron chi connectivity index (χ2n) is 3.84. The number of hydrogen-bond donors (Lipinski definition) is 1. The van der Waals surface area contributed by atoms with Gasteiger partial charge in [0.1, 0.15) is 11.6 Å². The molecule has 0 amide bonds. The van der Waals surface area contributed by atoms with E-state index in [0.29, 0.717) is 28.8 Å². The maximum absolute atomic E-state index is 12.2. The highest BCUT2D eigenvalue weighted by molar-refractivity contribution is 7.99. The molecule has 19 heavy (non-hydrogen) atoms. The lowest BCUT2D eigenvalue weighted by atomic mass is 10.1. The van der Waals surface area contributed by atoms with Crippen LogP contribution in [0, 0.1) is 6.92 Å². The number of aryl methyl sites for hydroxylation is 1. The van der Waals surface area contributed by atoms with Gasteiger partial charge in [-0.15, -0.1) is 5.10 Å². The Morgan fingerprint density at radius 2 is 2.21 bits per heavy atom. The van der Waals surface area contributed by atoms with Crippen molar-refractivity contribution < 1.29 is 9.53 Å². The molecule has 1 aromatic carbocycles. The molecule has 0 saturated heterocycles. The van der Waals surface area contributed by atoms with Gasteiger partial charge in [-0.25, -0.2) is 4.98 Å². The molecule has 1 heterocycles. The summed E-state index contributed by atoms with van der Waals surface area (Å²) < 4.78 is 5.45. The third-order valence-corrected chi connectivity index (χ3v) is 3.24. The third kappa shape index (κ3) is 3.57. The van der Waals surface area contributed by atoms with Crippen molar-refractivity contribution in [3.8, 4) is 5.75 Å². The summed E-state index contributed by atoms with van der Waals surface area (Å²) in [6, 6.07) is 7.26. The van der Waals surface area contributed by atoms with Crippen LogP contribution in [-0.4, -0.2) is 33.3 Å². The van der Waals surface area contributed by atoms with E-state index in [1.165, 1.54) is 11.8 Å². The number of thioether (sulfide) groups is 1. The van der Waals surface area contributed by atoms with Gasteiger partial charge in [-0.1, -0.05) is 23.9 Å². The molecule has 2 rings (SSSR count). The zero-order chi connectivity index (χ0) is 13.7. The number of H-pyrrole nitrogens is 1. The van der Waals surface area contributed by atoms with Gasteiger partial charge >= 0.3 is 0 Å². The minimum atomic E-state index is 0.0107. The summed E-state index contributed by atoms with van der Waals surface area (Å²) in [4.78, 5) is 16.3. The van der Waals surface area contributed by atoms with Crippen LogP contribution in [0.15, 0.2) is 29.4 Å². The Morgan fingerprint density at radius 1 is 1.42 bits per heavy atom. The fourth-order valence-corrected chi connectivity index (χ4v) is 2.30. The van der Waals surface area contributed by atoms with Crippen LogP contribution >= 0.6 is 11.8 Å². The summed E-state index contributed by atoms with van der Waals surface area (Å²) in [5.74, 6) is 1.67. The Kier molecular flexibility index (Phi) is 4.57. The van der Waals surface area contributed by atoms with Crippen LogP contribution < -0.4 is 4.74 Å². The molecule has 0 aliphatic carbocycles. The molecular formula is C13H15N3O2S. The number of carbonyl (C=O) groups is 1. The van der Waals surface area contributed by atoms with Crippen molar-refractivity contribution in [3.63, 3.8) is 0 Å². The number of ketones is 1. The summed E-state index contributed by atoms with van der Waals surface area (Å²) in [5.41, 5.74) is 0.601. The third-order valence-electron chi connectivity index (χ3n) is 2.40. The minimum absolute atomic E-state index is 0.0107. The van der Waals surface area contributed by atoms with Crippen LogP contribution in [0.5, 0.6) is 5.75 Å². The Bertz CT molecular complexity index is 569. The normalized spacial score (nSPS) is 10.4. The lowest BCUT2D eigenvalue weighted by Crippen LogP contribution is -2.06. The van der Waals surface area contributed by atoms with Gasteiger partial charge in [0.05, 0.1) is 17.9 Å². The quantitative estimate of drug-likeness (QED) is 0.649. The van der Waals surface area contributed by atoms with E-state index in [0.717, 1.165) is 5.82 Å². The fourth-order valence-electron chi connectivity index (χ4n) is 1.57. The smallest absolute Gasteiger partial charge is 0.208 e. The van der Waals surface area contributed by atoms with Gasteiger partial charge in [-0.3, -0.25) is 9.89 Å². The molecule has 0 aliphatic heterocycles. The van der Waals surface area contributed by atoms with Crippen molar-refractivity contribution in [2.45, 2.75) is 19.0 Å². The van der Waals surface area contributed by atoms with Crippen molar-refractivity contribution in [1.29, 1.82) is 0 Å². The first-order valence-electron chi connectivity index (χ1n) is 5.97. The summed E-state index contributed by atoms with van der Waals surface area (Å²) in [5, 5.41) is 7.31. The molecule has 0 spiro atoms. The van der Waals surface area contributed by atoms with E-state index in [4.69, 9.17) is 4.74 Å². The molecule has 0 unspecified atom stereocenters. The van der Waals surface area contributed by atoms with Gasteiger partial charge in [0, 0.05) is 0 Å². The average molecular weight is 277 g/mol. The second-order valence-corrected chi connectivity index (χ2v) is 4.79. The van der Waals surface area contributed by atoms with Crippen molar-refractivity contribution in [1.82, 2.24) is 15.2 Å². The maximum atomic E-state index is 12.2. The Labute approximate surface area is 115 Å². The number of Topliss-reactive ketones (excluding diaryl/α,β-unsaturated/α-hetero) is 1. The van der Waals surface area contributed by atoms with Gasteiger partial charge in [0.2, 0.25) is 5.16 Å². The number of nitrogens with zero attached hydrogens (tertiary/aromatic N) is 2. The summed E-state index contributed by atoms with van der Waals surface area (Å²) in [6.45, 7) is 4.26. The van der Waals surface area contributed by atoms with E-state index in [9.17, 15) is 4.79 Å². The highest BCUT2D eigenvalue weighted by atomic mass is 32.2. The molecule has 5 nitrogen and oxygen atoms in total. The van der Waals surface area contributed by atoms with Crippen LogP contribution in [0.25, 0.3) is 0 Å². The van der Waals surface area contributed by atoms with Gasteiger partial charge in [-0.05, 0) is 26.0 Å². The topological polar surface area (TPSA) is 67.9 Å². The van der Waals surface area contributed by atoms with Crippen LogP contribution in [0.3, 0.4) is 0 Å². The first-order chi connectivity index (χ1) is 9.20. The Morgan fingerprint density at radius 3 is 2.89 bits per heavy atom. The highest BCUT2D eigenvalue weighted by Gasteiger charge is 2.13. The van der Waals surface area contributed by atoms with Crippen LogP contribution in [0.1, 0.15) is 23.1 Å². The summed E-state index contributed by atoms with van der Waals surface area (Å²) >= 11 is 1.31. The van der Waals surface area contributed by atoms with Crippen molar-refractivity contribution in [2.24, 2.45) is 0 Å². The number of carbonyl (C=O) groups excluding carboxylic acids is 1. The molecule has 0 saturated carbocycles. The molecular weight excluding hydrogens is 262 g/mol. The standard InChI is InChI=1S/C13H15N3O2S/c1-3-18-12-7-5-4-6-10(12)11(17)8-19-13-14-9(2)15-16-13/h4-7H,3,8H2,1-2H3,(H,14,15,16). The molecule has 100 valence electrons. The van der Waals surface area contributed by atoms with Crippen molar-refractivity contribution in [3.05, 3.63) is 35.7 Å². The molecule has 0 bridgehead atoms. The van der Waals surface area contributed by atoms with Crippen molar-refractivity contribution in [2.75, 3.05) is 12.4 Å². The predicted octanol–water partition coefficient (Wildman–Crippen LogP) is 2.49. The summed E-state index contributed by atoms with van der Waals surface area (Å²) in [6.07, 6.45) is 0. The fraction of sp³-hybridized carbons (Fsp3) is 0.308. The van der Waals surface area contributed by atoms with Crippen LogP contribution in [0.4, 0.5) is 0 Å². The number of hydrogen-bond acceptors (Lipinski definition) is 5. The molecule has 2 aromatic rings. The Balaban J connectivity index is 2.03. The first kappa shape index (κ1) is 13.6. The lowest BCUT2D eigenvalue weighted by Gasteiger charge is -2.08. The summed E-state index contributed by atoms with van der Waals surface area (Å²) in [7, 11) is 0. The maximum Gasteiger partial charge on any atom is 0.208 e. The highest BCUT2D eigenvalue weighted by Crippen LogP contribution is 2.21. The number of aromatic amines is 1. The van der Waals surface area contributed by atoms with Gasteiger partial charge in [-0.2, -0.15) is 0 Å². The van der Waals surface area contributed by atoms with Crippen LogP contribution in [0.2, 0.25) is 0 Å². The minimum Gasteiger partial charge on any atom is -0.493 e. The Hall–Kier alpha value is -1.82. The van der Waals surface area contributed by atoms with E-state index < -0.39 is 0 Å². The average Bonchev–Trinajstić information content (AvgIpc) is 2.83. The number of nitrogens with one attached hydrogen (secondary N) is 1. The predicted molar refractivity (Wildman–Crippen MR) is 73.8 cm³/mol. The van der Waals surface area contributed by atoms with E-state index in [1.807, 2.05) is 26.0 Å². The SMILES string of the molecule is CCOc1ccccc1C(=O)CSc1n[nH]c(C)n1.